The van der Waals surface area contributed by atoms with E-state index in [1.54, 1.807) is 29.1 Å². The van der Waals surface area contributed by atoms with E-state index in [0.717, 1.165) is 5.56 Å². The fourth-order valence-electron chi connectivity index (χ4n) is 3.48. The minimum atomic E-state index is -0.339. The number of ether oxygens (including phenoxy) is 1. The van der Waals surface area contributed by atoms with Gasteiger partial charge in [-0.25, -0.2) is 19.0 Å². The van der Waals surface area contributed by atoms with Gasteiger partial charge in [0.05, 0.1) is 23.0 Å². The average Bonchev–Trinajstić information content (AvgIpc) is 3.42. The Labute approximate surface area is 193 Å². The summed E-state index contributed by atoms with van der Waals surface area (Å²) in [6.45, 7) is 3.64. The van der Waals surface area contributed by atoms with Gasteiger partial charge in [-0.05, 0) is 50.2 Å². The van der Waals surface area contributed by atoms with Crippen LogP contribution in [0.15, 0.2) is 67.1 Å². The molecule has 0 atom stereocenters. The van der Waals surface area contributed by atoms with Crippen LogP contribution in [0.4, 0.5) is 10.2 Å². The zero-order valence-corrected chi connectivity index (χ0v) is 18.4. The van der Waals surface area contributed by atoms with Gasteiger partial charge in [-0.3, -0.25) is 4.79 Å². The van der Waals surface area contributed by atoms with E-state index >= 15 is 0 Å². The Morgan fingerprint density at radius 2 is 1.79 bits per heavy atom. The van der Waals surface area contributed by atoms with Crippen LogP contribution in [0.25, 0.3) is 22.5 Å². The summed E-state index contributed by atoms with van der Waals surface area (Å²) < 4.78 is 22.0. The van der Waals surface area contributed by atoms with Crippen molar-refractivity contribution in [3.05, 3.63) is 84.2 Å². The second-order valence-corrected chi connectivity index (χ2v) is 7.70. The lowest BCUT2D eigenvalue weighted by atomic mass is 10.2. The topological polar surface area (TPSA) is 99.8 Å². The van der Waals surface area contributed by atoms with E-state index in [0.29, 0.717) is 39.8 Å². The van der Waals surface area contributed by atoms with Gasteiger partial charge in [-0.1, -0.05) is 17.7 Å². The molecule has 34 heavy (non-hydrogen) atoms. The van der Waals surface area contributed by atoms with Gasteiger partial charge in [0.25, 0.3) is 5.91 Å². The van der Waals surface area contributed by atoms with Crippen molar-refractivity contribution in [1.82, 2.24) is 29.5 Å². The first-order valence-corrected chi connectivity index (χ1v) is 10.5. The molecule has 0 aliphatic rings. The minimum Gasteiger partial charge on any atom is -0.484 e. The van der Waals surface area contributed by atoms with E-state index in [-0.39, 0.29) is 18.3 Å². The normalized spacial score (nSPS) is 11.0. The molecule has 0 radical (unpaired) electrons. The number of nitrogens with one attached hydrogen (secondary N) is 1. The number of rotatable bonds is 6. The first-order valence-electron chi connectivity index (χ1n) is 10.5. The maximum atomic E-state index is 13.3. The summed E-state index contributed by atoms with van der Waals surface area (Å²) in [6.07, 6.45) is 3.00. The van der Waals surface area contributed by atoms with E-state index in [4.69, 9.17) is 4.74 Å². The predicted molar refractivity (Wildman–Crippen MR) is 124 cm³/mol. The smallest absolute Gasteiger partial charge is 0.263 e. The van der Waals surface area contributed by atoms with Crippen LogP contribution in [0.2, 0.25) is 0 Å². The van der Waals surface area contributed by atoms with Crippen LogP contribution in [0, 0.1) is 19.7 Å². The molecule has 170 valence electrons. The van der Waals surface area contributed by atoms with Gasteiger partial charge >= 0.3 is 0 Å². The van der Waals surface area contributed by atoms with Crippen LogP contribution in [-0.4, -0.2) is 42.0 Å². The summed E-state index contributed by atoms with van der Waals surface area (Å²) >= 11 is 0. The number of aryl methyl sites for hydroxylation is 2. The van der Waals surface area contributed by atoms with Gasteiger partial charge in [0.15, 0.2) is 18.1 Å². The van der Waals surface area contributed by atoms with E-state index < -0.39 is 0 Å². The Bertz CT molecular complexity index is 1470. The molecule has 0 aliphatic carbocycles. The monoisotopic (exact) mass is 457 g/mol. The molecule has 0 fully saturated rings. The number of aromatic nitrogens is 6. The molecule has 5 rings (SSSR count). The van der Waals surface area contributed by atoms with Crippen LogP contribution in [0.1, 0.15) is 11.3 Å². The van der Waals surface area contributed by atoms with Crippen molar-refractivity contribution in [3.63, 3.8) is 0 Å². The van der Waals surface area contributed by atoms with Crippen LogP contribution in [0.5, 0.6) is 5.75 Å². The zero-order chi connectivity index (χ0) is 23.7. The van der Waals surface area contributed by atoms with E-state index in [1.807, 2.05) is 38.1 Å². The van der Waals surface area contributed by atoms with Crippen molar-refractivity contribution in [2.75, 3.05) is 11.9 Å². The molecular weight excluding hydrogens is 437 g/mol. The molecule has 3 heterocycles. The quantitative estimate of drug-likeness (QED) is 0.417. The van der Waals surface area contributed by atoms with Crippen molar-refractivity contribution >= 4 is 22.8 Å². The number of fused-ring (bicyclic) bond motifs is 1. The summed E-state index contributed by atoms with van der Waals surface area (Å²) in [6, 6.07) is 15.1. The fourth-order valence-corrected chi connectivity index (χ4v) is 3.48. The third-order valence-electron chi connectivity index (χ3n) is 5.11. The molecule has 0 unspecified atom stereocenters. The Kier molecular flexibility index (Phi) is 5.46. The maximum Gasteiger partial charge on any atom is 0.263 e. The highest BCUT2D eigenvalue weighted by atomic mass is 19.1. The summed E-state index contributed by atoms with van der Waals surface area (Å²) in [7, 11) is 0. The summed E-state index contributed by atoms with van der Waals surface area (Å²) in [5.74, 6) is 0.810. The van der Waals surface area contributed by atoms with Crippen LogP contribution in [-0.2, 0) is 4.79 Å². The largest absolute Gasteiger partial charge is 0.484 e. The highest BCUT2D eigenvalue weighted by Crippen LogP contribution is 2.24. The van der Waals surface area contributed by atoms with E-state index in [9.17, 15) is 9.18 Å². The van der Waals surface area contributed by atoms with Gasteiger partial charge in [0, 0.05) is 6.07 Å². The molecule has 1 N–H and O–H groups in total. The molecule has 0 aliphatic heterocycles. The van der Waals surface area contributed by atoms with Gasteiger partial charge in [-0.2, -0.15) is 14.9 Å². The lowest BCUT2D eigenvalue weighted by Crippen LogP contribution is -2.22. The van der Waals surface area contributed by atoms with E-state index in [2.05, 4.69) is 25.5 Å². The number of benzene rings is 2. The molecule has 2 aromatic carbocycles. The van der Waals surface area contributed by atoms with Crippen LogP contribution >= 0.6 is 0 Å². The number of carbonyl (C=O) groups is 1. The SMILES string of the molecule is Cc1ccc(OCC(=O)Nc2cc(C)nn2-c2ncnc3c2cnn3-c2ccc(F)cc2)cc1. The van der Waals surface area contributed by atoms with Gasteiger partial charge in [-0.15, -0.1) is 0 Å². The second-order valence-electron chi connectivity index (χ2n) is 7.70. The molecule has 0 bridgehead atoms. The fraction of sp³-hybridized carbons (Fsp3) is 0.125. The number of amides is 1. The first-order chi connectivity index (χ1) is 16.5. The number of anilines is 1. The van der Waals surface area contributed by atoms with Crippen molar-refractivity contribution in [2.24, 2.45) is 0 Å². The minimum absolute atomic E-state index is 0.158. The van der Waals surface area contributed by atoms with Gasteiger partial charge in [0.1, 0.15) is 23.7 Å². The second kappa shape index (κ2) is 8.74. The third-order valence-corrected chi connectivity index (χ3v) is 5.11. The van der Waals surface area contributed by atoms with Gasteiger partial charge < -0.3 is 10.1 Å². The molecule has 0 spiro atoms. The Morgan fingerprint density at radius 1 is 1.03 bits per heavy atom. The average molecular weight is 457 g/mol. The zero-order valence-electron chi connectivity index (χ0n) is 18.4. The standard InChI is InChI=1S/C24H20FN7O2/c1-15-3-9-19(10-4-15)34-13-22(33)29-21-11-16(2)30-32(21)24-20-12-28-31(23(20)26-14-27-24)18-7-5-17(25)6-8-18/h3-12,14H,13H2,1-2H3,(H,29,33). The lowest BCUT2D eigenvalue weighted by Gasteiger charge is -2.10. The maximum absolute atomic E-state index is 13.3. The van der Waals surface area contributed by atoms with Crippen molar-refractivity contribution in [3.8, 4) is 17.3 Å². The summed E-state index contributed by atoms with van der Waals surface area (Å²) in [5.41, 5.74) is 2.96. The molecule has 9 nitrogen and oxygen atoms in total. The Hall–Kier alpha value is -4.60. The predicted octanol–water partition coefficient (Wildman–Crippen LogP) is 3.77. The Morgan fingerprint density at radius 3 is 2.56 bits per heavy atom. The molecule has 5 aromatic rings. The summed E-state index contributed by atoms with van der Waals surface area (Å²) in [4.78, 5) is 21.3. The molecular formula is C24H20FN7O2. The molecule has 3 aromatic heterocycles. The van der Waals surface area contributed by atoms with Crippen molar-refractivity contribution in [2.45, 2.75) is 13.8 Å². The van der Waals surface area contributed by atoms with Crippen LogP contribution < -0.4 is 10.1 Å². The lowest BCUT2D eigenvalue weighted by molar-refractivity contribution is -0.118. The number of hydrogen-bond acceptors (Lipinski definition) is 6. The number of halogens is 1. The molecule has 0 saturated carbocycles. The molecule has 0 saturated heterocycles. The van der Waals surface area contributed by atoms with E-state index in [1.165, 1.54) is 23.1 Å². The number of hydrogen-bond donors (Lipinski definition) is 1. The molecule has 10 heteroatoms. The first kappa shape index (κ1) is 21.3. The van der Waals surface area contributed by atoms with Crippen molar-refractivity contribution in [1.29, 1.82) is 0 Å². The third kappa shape index (κ3) is 4.20. The van der Waals surface area contributed by atoms with Crippen LogP contribution in [0.3, 0.4) is 0 Å². The number of carbonyl (C=O) groups excluding carboxylic acids is 1. The molecule has 1 amide bonds. The highest BCUT2D eigenvalue weighted by Gasteiger charge is 2.18. The highest BCUT2D eigenvalue weighted by molar-refractivity contribution is 5.92. The number of nitrogens with zero attached hydrogens (tertiary/aromatic N) is 6. The Balaban J connectivity index is 1.42. The van der Waals surface area contributed by atoms with Crippen molar-refractivity contribution < 1.29 is 13.9 Å². The summed E-state index contributed by atoms with van der Waals surface area (Å²) in [5, 5.41) is 12.3. The van der Waals surface area contributed by atoms with Gasteiger partial charge in [0.2, 0.25) is 0 Å².